The lowest BCUT2D eigenvalue weighted by Crippen LogP contribution is -1.99. The average Bonchev–Trinajstić information content (AvgIpc) is 1.87. The van der Waals surface area contributed by atoms with E-state index in [1.807, 2.05) is 22.6 Å². The van der Waals surface area contributed by atoms with Crippen molar-refractivity contribution < 1.29 is 9.59 Å². The number of hydrogen-bond donors (Lipinski definition) is 0. The van der Waals surface area contributed by atoms with Crippen molar-refractivity contribution in [2.45, 2.75) is 19.3 Å². The quantitative estimate of drug-likeness (QED) is 0.436. The van der Waals surface area contributed by atoms with Gasteiger partial charge in [0.2, 0.25) is 5.24 Å². The molecule has 0 saturated carbocycles. The van der Waals surface area contributed by atoms with Gasteiger partial charge in [-0.2, -0.15) is 0 Å². The predicted molar refractivity (Wildman–Crippen MR) is 48.6 cm³/mol. The molecule has 0 fully saturated rings. The standard InChI is InChI=1S/C6H8ClIO2/c7-6(10)3-1-2-5(9)4-8/h1-4H2. The average molecular weight is 274 g/mol. The van der Waals surface area contributed by atoms with E-state index in [0.29, 0.717) is 23.7 Å². The van der Waals surface area contributed by atoms with Crippen LogP contribution in [0, 0.1) is 0 Å². The SMILES string of the molecule is O=C(Cl)CCCC(=O)CI. The maximum absolute atomic E-state index is 10.6. The molecule has 0 rings (SSSR count). The number of carbonyl (C=O) groups excluding carboxylic acids is 2. The molecule has 0 aliphatic carbocycles. The number of hydrogen-bond acceptors (Lipinski definition) is 2. The second-order valence-electron chi connectivity index (χ2n) is 1.88. The number of carbonyl (C=O) groups is 2. The van der Waals surface area contributed by atoms with Gasteiger partial charge in [0.15, 0.2) is 0 Å². The lowest BCUT2D eigenvalue weighted by Gasteiger charge is -1.92. The molecular weight excluding hydrogens is 266 g/mol. The zero-order valence-electron chi connectivity index (χ0n) is 5.40. The minimum atomic E-state index is -0.360. The fourth-order valence-electron chi connectivity index (χ4n) is 0.491. The van der Waals surface area contributed by atoms with E-state index >= 15 is 0 Å². The summed E-state index contributed by atoms with van der Waals surface area (Å²) in [5.74, 6) is 0.179. The lowest BCUT2D eigenvalue weighted by atomic mass is 10.2. The van der Waals surface area contributed by atoms with Crippen molar-refractivity contribution in [1.29, 1.82) is 0 Å². The number of rotatable bonds is 5. The van der Waals surface area contributed by atoms with E-state index in [0.717, 1.165) is 0 Å². The number of ketones is 1. The van der Waals surface area contributed by atoms with E-state index in [2.05, 4.69) is 0 Å². The fourth-order valence-corrected chi connectivity index (χ4v) is 1.01. The Kier molecular flexibility index (Phi) is 6.31. The Morgan fingerprint density at radius 2 is 1.90 bits per heavy atom. The van der Waals surface area contributed by atoms with Gasteiger partial charge in [-0.3, -0.25) is 9.59 Å². The predicted octanol–water partition coefficient (Wildman–Crippen LogP) is 1.93. The highest BCUT2D eigenvalue weighted by atomic mass is 127. The molecule has 0 aromatic heterocycles. The third kappa shape index (κ3) is 6.48. The zero-order valence-corrected chi connectivity index (χ0v) is 8.31. The first-order chi connectivity index (χ1) is 4.66. The highest BCUT2D eigenvalue weighted by molar-refractivity contribution is 14.1. The Morgan fingerprint density at radius 1 is 1.30 bits per heavy atom. The summed E-state index contributed by atoms with van der Waals surface area (Å²) >= 11 is 7.06. The number of alkyl halides is 1. The molecule has 0 atom stereocenters. The van der Waals surface area contributed by atoms with Crippen LogP contribution in [-0.4, -0.2) is 15.5 Å². The normalized spacial score (nSPS) is 9.40. The van der Waals surface area contributed by atoms with Gasteiger partial charge in [-0.15, -0.1) is 0 Å². The molecule has 0 amide bonds. The van der Waals surface area contributed by atoms with Gasteiger partial charge in [0.25, 0.3) is 0 Å². The van der Waals surface area contributed by atoms with E-state index in [-0.39, 0.29) is 11.0 Å². The van der Waals surface area contributed by atoms with Crippen LogP contribution in [0.1, 0.15) is 19.3 Å². The van der Waals surface area contributed by atoms with Crippen LogP contribution in [-0.2, 0) is 9.59 Å². The van der Waals surface area contributed by atoms with E-state index in [4.69, 9.17) is 11.6 Å². The van der Waals surface area contributed by atoms with E-state index in [1.165, 1.54) is 0 Å². The summed E-state index contributed by atoms with van der Waals surface area (Å²) in [6.07, 6.45) is 1.37. The summed E-state index contributed by atoms with van der Waals surface area (Å²) in [5.41, 5.74) is 0. The Bertz CT molecular complexity index is 136. The Hall–Kier alpha value is 0.360. The van der Waals surface area contributed by atoms with Crippen molar-refractivity contribution in [2.75, 3.05) is 4.43 Å². The molecule has 58 valence electrons. The summed E-state index contributed by atoms with van der Waals surface area (Å²) in [5, 5.41) is -0.360. The van der Waals surface area contributed by atoms with Gasteiger partial charge < -0.3 is 0 Å². The van der Waals surface area contributed by atoms with Crippen molar-refractivity contribution in [1.82, 2.24) is 0 Å². The second-order valence-corrected chi connectivity index (χ2v) is 3.07. The van der Waals surface area contributed by atoms with Crippen molar-refractivity contribution in [3.63, 3.8) is 0 Å². The third-order valence-corrected chi connectivity index (χ3v) is 2.02. The minimum absolute atomic E-state index is 0.179. The summed E-state index contributed by atoms with van der Waals surface area (Å²) < 4.78 is 0.522. The van der Waals surface area contributed by atoms with Crippen LogP contribution in [0.25, 0.3) is 0 Å². The van der Waals surface area contributed by atoms with Crippen LogP contribution < -0.4 is 0 Å². The summed E-state index contributed by atoms with van der Waals surface area (Å²) in [6.45, 7) is 0. The summed E-state index contributed by atoms with van der Waals surface area (Å²) in [6, 6.07) is 0. The summed E-state index contributed by atoms with van der Waals surface area (Å²) in [7, 11) is 0. The molecule has 0 aromatic rings. The van der Waals surface area contributed by atoms with Crippen molar-refractivity contribution in [3.8, 4) is 0 Å². The molecule has 2 nitrogen and oxygen atoms in total. The van der Waals surface area contributed by atoms with Crippen LogP contribution in [0.2, 0.25) is 0 Å². The van der Waals surface area contributed by atoms with Crippen LogP contribution in [0.4, 0.5) is 0 Å². The first-order valence-electron chi connectivity index (χ1n) is 2.93. The molecule has 0 spiro atoms. The van der Waals surface area contributed by atoms with Crippen LogP contribution in [0.5, 0.6) is 0 Å². The first-order valence-corrected chi connectivity index (χ1v) is 4.83. The Balaban J connectivity index is 3.20. The molecule has 0 aliphatic heterocycles. The molecule has 0 saturated heterocycles. The Labute approximate surface area is 78.5 Å². The topological polar surface area (TPSA) is 34.1 Å². The summed E-state index contributed by atoms with van der Waals surface area (Å²) in [4.78, 5) is 20.8. The Morgan fingerprint density at radius 3 is 2.30 bits per heavy atom. The van der Waals surface area contributed by atoms with Crippen LogP contribution >= 0.6 is 34.2 Å². The van der Waals surface area contributed by atoms with Crippen molar-refractivity contribution in [2.24, 2.45) is 0 Å². The molecule has 0 bridgehead atoms. The fraction of sp³-hybridized carbons (Fsp3) is 0.667. The largest absolute Gasteiger partial charge is 0.299 e. The molecule has 4 heteroatoms. The monoisotopic (exact) mass is 274 g/mol. The van der Waals surface area contributed by atoms with Crippen molar-refractivity contribution >= 4 is 45.2 Å². The molecular formula is C6H8ClIO2. The van der Waals surface area contributed by atoms with Gasteiger partial charge in [0, 0.05) is 12.8 Å². The van der Waals surface area contributed by atoms with Gasteiger partial charge in [-0.25, -0.2) is 0 Å². The van der Waals surface area contributed by atoms with Gasteiger partial charge in [0.1, 0.15) is 5.78 Å². The molecule has 0 heterocycles. The number of halogens is 2. The van der Waals surface area contributed by atoms with Crippen molar-refractivity contribution in [3.05, 3.63) is 0 Å². The lowest BCUT2D eigenvalue weighted by molar-refractivity contribution is -0.116. The third-order valence-electron chi connectivity index (χ3n) is 0.978. The number of Topliss-reactive ketones (excluding diaryl/α,β-unsaturated/α-hetero) is 1. The minimum Gasteiger partial charge on any atom is -0.299 e. The van der Waals surface area contributed by atoms with Gasteiger partial charge in [-0.05, 0) is 18.0 Å². The molecule has 0 aliphatic rings. The maximum Gasteiger partial charge on any atom is 0.221 e. The van der Waals surface area contributed by atoms with Gasteiger partial charge in [-0.1, -0.05) is 22.6 Å². The highest BCUT2D eigenvalue weighted by Crippen LogP contribution is 2.01. The maximum atomic E-state index is 10.6. The molecule has 0 radical (unpaired) electrons. The van der Waals surface area contributed by atoms with E-state index < -0.39 is 0 Å². The van der Waals surface area contributed by atoms with Gasteiger partial charge >= 0.3 is 0 Å². The van der Waals surface area contributed by atoms with Crippen LogP contribution in [0.3, 0.4) is 0 Å². The highest BCUT2D eigenvalue weighted by Gasteiger charge is 2.00. The van der Waals surface area contributed by atoms with E-state index in [1.54, 1.807) is 0 Å². The molecule has 10 heavy (non-hydrogen) atoms. The molecule has 0 unspecified atom stereocenters. The first kappa shape index (κ1) is 10.4. The van der Waals surface area contributed by atoms with E-state index in [9.17, 15) is 9.59 Å². The zero-order chi connectivity index (χ0) is 7.98. The van der Waals surface area contributed by atoms with Gasteiger partial charge in [0.05, 0.1) is 4.43 Å². The second kappa shape index (κ2) is 6.09. The molecule has 0 N–H and O–H groups in total. The smallest absolute Gasteiger partial charge is 0.221 e. The molecule has 0 aromatic carbocycles. The van der Waals surface area contributed by atoms with Crippen LogP contribution in [0.15, 0.2) is 0 Å².